The number of allylic oxidation sites excluding steroid dienone is 2. The van der Waals surface area contributed by atoms with Crippen LogP contribution < -0.4 is 5.32 Å². The lowest BCUT2D eigenvalue weighted by molar-refractivity contribution is -0.151. The molecule has 58 heavy (non-hydrogen) atoms. The number of aliphatic hydroxyl groups is 2. The number of nitrogens with one attached hydrogen (secondary N) is 1. The van der Waals surface area contributed by atoms with E-state index in [-0.39, 0.29) is 24.9 Å². The Hall–Kier alpha value is -1.40. The van der Waals surface area contributed by atoms with Crippen LogP contribution in [0.3, 0.4) is 0 Å². The summed E-state index contributed by atoms with van der Waals surface area (Å²) in [5.41, 5.74) is 0. The maximum Gasteiger partial charge on any atom is 0.306 e. The summed E-state index contributed by atoms with van der Waals surface area (Å²) in [5.74, 6) is -0.465. The molecular formula is C52H101NO5. The lowest BCUT2D eigenvalue weighted by atomic mass is 10.0. The van der Waals surface area contributed by atoms with E-state index in [0.717, 1.165) is 57.8 Å². The Kier molecular flexibility index (Phi) is 45.5. The van der Waals surface area contributed by atoms with E-state index in [2.05, 4.69) is 38.2 Å². The Bertz CT molecular complexity index is 878. The van der Waals surface area contributed by atoms with Gasteiger partial charge >= 0.3 is 5.97 Å². The van der Waals surface area contributed by atoms with E-state index in [1.54, 1.807) is 0 Å². The van der Waals surface area contributed by atoms with Crippen molar-refractivity contribution in [3.63, 3.8) is 0 Å². The quantitative estimate of drug-likeness (QED) is 0.0323. The van der Waals surface area contributed by atoms with Crippen LogP contribution in [0, 0.1) is 0 Å². The molecule has 344 valence electrons. The normalized spacial score (nSPS) is 13.3. The number of amides is 1. The van der Waals surface area contributed by atoms with Crippen LogP contribution in [-0.2, 0) is 14.3 Å². The van der Waals surface area contributed by atoms with Gasteiger partial charge in [0.1, 0.15) is 6.10 Å². The van der Waals surface area contributed by atoms with Crippen molar-refractivity contribution in [1.29, 1.82) is 0 Å². The number of hydrogen-bond acceptors (Lipinski definition) is 5. The average Bonchev–Trinajstić information content (AvgIpc) is 3.22. The molecule has 0 rings (SSSR count). The van der Waals surface area contributed by atoms with E-state index in [1.165, 1.54) is 180 Å². The molecule has 6 heteroatoms. The second-order valence-corrected chi connectivity index (χ2v) is 17.9. The highest BCUT2D eigenvalue weighted by atomic mass is 16.5. The molecule has 0 aliphatic carbocycles. The molecule has 0 fully saturated rings. The zero-order valence-corrected chi connectivity index (χ0v) is 39.2. The maximum absolute atomic E-state index is 13.2. The van der Waals surface area contributed by atoms with Crippen molar-refractivity contribution in [1.82, 2.24) is 5.32 Å². The van der Waals surface area contributed by atoms with Crippen molar-refractivity contribution < 1.29 is 24.5 Å². The molecular weight excluding hydrogens is 719 g/mol. The molecule has 0 aromatic rings. The summed E-state index contributed by atoms with van der Waals surface area (Å²) < 4.78 is 5.93. The van der Waals surface area contributed by atoms with Gasteiger partial charge in [0.15, 0.2) is 0 Å². The Labute approximate surface area is 361 Å². The number of aliphatic hydroxyl groups excluding tert-OH is 2. The van der Waals surface area contributed by atoms with Crippen LogP contribution in [0.1, 0.15) is 284 Å². The SMILES string of the molecule is CCCCCC/C=C\CCCCCCCC(CC(=O)NC(CO)C(O)CCCCCCCCCCCCC)OC(=O)CCCCCCCCCCCCCCCCC. The minimum Gasteiger partial charge on any atom is -0.462 e. The predicted octanol–water partition coefficient (Wildman–Crippen LogP) is 15.3. The molecule has 0 bridgehead atoms. The van der Waals surface area contributed by atoms with E-state index >= 15 is 0 Å². The highest BCUT2D eigenvalue weighted by Gasteiger charge is 2.24. The van der Waals surface area contributed by atoms with Crippen molar-refractivity contribution in [2.45, 2.75) is 302 Å². The molecule has 3 atom stereocenters. The average molecular weight is 820 g/mol. The number of hydrogen-bond donors (Lipinski definition) is 3. The Morgan fingerprint density at radius 2 is 0.828 bits per heavy atom. The molecule has 0 aliphatic rings. The van der Waals surface area contributed by atoms with Gasteiger partial charge in [-0.2, -0.15) is 0 Å². The van der Waals surface area contributed by atoms with Crippen molar-refractivity contribution in [2.75, 3.05) is 6.61 Å². The van der Waals surface area contributed by atoms with Gasteiger partial charge in [-0.3, -0.25) is 9.59 Å². The number of rotatable bonds is 47. The molecule has 1 amide bonds. The van der Waals surface area contributed by atoms with Crippen LogP contribution in [0.25, 0.3) is 0 Å². The lowest BCUT2D eigenvalue weighted by Crippen LogP contribution is -2.46. The molecule has 0 saturated heterocycles. The van der Waals surface area contributed by atoms with Crippen molar-refractivity contribution in [2.24, 2.45) is 0 Å². The third-order valence-corrected chi connectivity index (χ3v) is 12.1. The summed E-state index contributed by atoms with van der Waals surface area (Å²) in [6.45, 7) is 6.48. The first-order valence-electron chi connectivity index (χ1n) is 25.9. The fourth-order valence-corrected chi connectivity index (χ4v) is 8.13. The van der Waals surface area contributed by atoms with Crippen LogP contribution in [0.15, 0.2) is 12.2 Å². The summed E-state index contributed by atoms with van der Waals surface area (Å²) in [5, 5.41) is 23.7. The van der Waals surface area contributed by atoms with Crippen LogP contribution in [-0.4, -0.2) is 46.9 Å². The highest BCUT2D eigenvalue weighted by molar-refractivity contribution is 5.77. The van der Waals surface area contributed by atoms with Gasteiger partial charge in [-0.1, -0.05) is 232 Å². The first-order valence-corrected chi connectivity index (χ1v) is 25.9. The smallest absolute Gasteiger partial charge is 0.306 e. The van der Waals surface area contributed by atoms with E-state index in [1.807, 2.05) is 0 Å². The number of carbonyl (C=O) groups is 2. The minimum atomic E-state index is -0.783. The Morgan fingerprint density at radius 3 is 1.24 bits per heavy atom. The molecule has 3 unspecified atom stereocenters. The Balaban J connectivity index is 4.54. The molecule has 0 aliphatic heterocycles. The van der Waals surface area contributed by atoms with Crippen molar-refractivity contribution >= 4 is 11.9 Å². The number of carbonyl (C=O) groups excluding carboxylic acids is 2. The molecule has 0 saturated carbocycles. The largest absolute Gasteiger partial charge is 0.462 e. The van der Waals surface area contributed by atoms with Crippen molar-refractivity contribution in [3.05, 3.63) is 12.2 Å². The number of esters is 1. The lowest BCUT2D eigenvalue weighted by Gasteiger charge is -2.24. The fraction of sp³-hybridized carbons (Fsp3) is 0.923. The van der Waals surface area contributed by atoms with Gasteiger partial charge in [-0.15, -0.1) is 0 Å². The molecule has 0 aromatic carbocycles. The molecule has 6 nitrogen and oxygen atoms in total. The van der Waals surface area contributed by atoms with Gasteiger partial charge in [0, 0.05) is 6.42 Å². The van der Waals surface area contributed by atoms with Crippen LogP contribution in [0.2, 0.25) is 0 Å². The summed E-state index contributed by atoms with van der Waals surface area (Å²) in [7, 11) is 0. The Morgan fingerprint density at radius 1 is 0.483 bits per heavy atom. The predicted molar refractivity (Wildman–Crippen MR) is 250 cm³/mol. The molecule has 3 N–H and O–H groups in total. The second kappa shape index (κ2) is 46.7. The molecule has 0 spiro atoms. The van der Waals surface area contributed by atoms with E-state index in [0.29, 0.717) is 19.3 Å². The van der Waals surface area contributed by atoms with E-state index < -0.39 is 18.2 Å². The number of unbranched alkanes of at least 4 members (excludes halogenated alkanes) is 33. The van der Waals surface area contributed by atoms with Crippen LogP contribution in [0.4, 0.5) is 0 Å². The summed E-state index contributed by atoms with van der Waals surface area (Å²) in [4.78, 5) is 26.1. The van der Waals surface area contributed by atoms with Crippen LogP contribution >= 0.6 is 0 Å². The van der Waals surface area contributed by atoms with Gasteiger partial charge in [0.2, 0.25) is 5.91 Å². The van der Waals surface area contributed by atoms with E-state index in [4.69, 9.17) is 4.74 Å². The second-order valence-electron chi connectivity index (χ2n) is 17.9. The van der Waals surface area contributed by atoms with Crippen molar-refractivity contribution in [3.8, 4) is 0 Å². The van der Waals surface area contributed by atoms with Gasteiger partial charge in [0.25, 0.3) is 0 Å². The molecule has 0 radical (unpaired) electrons. The monoisotopic (exact) mass is 820 g/mol. The topological polar surface area (TPSA) is 95.9 Å². The highest BCUT2D eigenvalue weighted by Crippen LogP contribution is 2.18. The number of ether oxygens (including phenoxy) is 1. The van der Waals surface area contributed by atoms with Gasteiger partial charge in [0.05, 0.1) is 25.2 Å². The maximum atomic E-state index is 13.2. The molecule has 0 heterocycles. The van der Waals surface area contributed by atoms with Gasteiger partial charge in [-0.05, 0) is 51.4 Å². The third-order valence-electron chi connectivity index (χ3n) is 12.1. The zero-order valence-electron chi connectivity index (χ0n) is 39.2. The third kappa shape index (κ3) is 41.3. The standard InChI is InChI=1S/C52H101NO5/c1-4-7-10-13-16-19-22-24-25-27-30-33-36-39-42-45-52(57)58-48(43-40-37-34-31-29-26-23-20-17-14-11-8-5-2)46-51(56)53-49(47-54)50(55)44-41-38-35-32-28-21-18-15-12-9-6-3/h20,23,48-50,54-55H,4-19,21-22,24-47H2,1-3H3,(H,53,56)/b23-20-. The van der Waals surface area contributed by atoms with Crippen LogP contribution in [0.5, 0.6) is 0 Å². The summed E-state index contributed by atoms with van der Waals surface area (Å²) in [6.07, 6.45) is 51.2. The first-order chi connectivity index (χ1) is 28.5. The minimum absolute atomic E-state index is 0.0787. The zero-order chi connectivity index (χ0) is 42.4. The van der Waals surface area contributed by atoms with E-state index in [9.17, 15) is 19.8 Å². The van der Waals surface area contributed by atoms with Gasteiger partial charge in [-0.25, -0.2) is 0 Å². The molecule has 0 aromatic heterocycles. The first kappa shape index (κ1) is 56.6. The fourth-order valence-electron chi connectivity index (χ4n) is 8.13. The summed E-state index contributed by atoms with van der Waals surface area (Å²) in [6, 6.07) is -0.697. The summed E-state index contributed by atoms with van der Waals surface area (Å²) >= 11 is 0. The van der Waals surface area contributed by atoms with Gasteiger partial charge < -0.3 is 20.3 Å².